The van der Waals surface area contributed by atoms with Crippen LogP contribution in [0.25, 0.3) is 0 Å². The molecule has 140 valence electrons. The van der Waals surface area contributed by atoms with Crippen LogP contribution < -0.4 is 5.32 Å². The predicted octanol–water partition coefficient (Wildman–Crippen LogP) is 3.74. The van der Waals surface area contributed by atoms with Crippen LogP contribution in [-0.2, 0) is 21.2 Å². The monoisotopic (exact) mass is 392 g/mol. The summed E-state index contributed by atoms with van der Waals surface area (Å²) in [7, 11) is -3.45. The van der Waals surface area contributed by atoms with Crippen LogP contribution in [0.1, 0.15) is 31.1 Å². The van der Waals surface area contributed by atoms with Gasteiger partial charge >= 0.3 is 0 Å². The average molecular weight is 393 g/mol. The van der Waals surface area contributed by atoms with Gasteiger partial charge < -0.3 is 5.32 Å². The van der Waals surface area contributed by atoms with Crippen LogP contribution in [0.2, 0.25) is 0 Å². The average Bonchev–Trinajstić information content (AvgIpc) is 3.14. The molecule has 5 nitrogen and oxygen atoms in total. The van der Waals surface area contributed by atoms with Gasteiger partial charge in [-0.25, -0.2) is 8.42 Å². The molecule has 1 amide bonds. The lowest BCUT2D eigenvalue weighted by Gasteiger charge is -2.29. The van der Waals surface area contributed by atoms with Crippen LogP contribution in [0.5, 0.6) is 0 Å². The summed E-state index contributed by atoms with van der Waals surface area (Å²) in [5, 5.41) is 4.82. The highest BCUT2D eigenvalue weighted by Crippen LogP contribution is 2.24. The molecule has 2 heterocycles. The molecular weight excluding hydrogens is 368 g/mol. The Kier molecular flexibility index (Phi) is 6.11. The smallest absolute Gasteiger partial charge is 0.243 e. The lowest BCUT2D eigenvalue weighted by molar-refractivity contribution is -0.116. The fourth-order valence-corrected chi connectivity index (χ4v) is 5.18. The van der Waals surface area contributed by atoms with Crippen molar-refractivity contribution in [3.63, 3.8) is 0 Å². The van der Waals surface area contributed by atoms with Gasteiger partial charge in [0.1, 0.15) is 0 Å². The summed E-state index contributed by atoms with van der Waals surface area (Å²) in [4.78, 5) is 13.5. The van der Waals surface area contributed by atoms with E-state index in [0.29, 0.717) is 37.5 Å². The van der Waals surface area contributed by atoms with E-state index in [2.05, 4.69) is 12.2 Å². The van der Waals surface area contributed by atoms with Crippen molar-refractivity contribution >= 4 is 33.0 Å². The third-order valence-electron chi connectivity index (χ3n) is 4.70. The Morgan fingerprint density at radius 1 is 1.19 bits per heavy atom. The van der Waals surface area contributed by atoms with Crippen molar-refractivity contribution in [2.75, 3.05) is 18.4 Å². The van der Waals surface area contributed by atoms with Gasteiger partial charge in [-0.3, -0.25) is 4.79 Å². The van der Waals surface area contributed by atoms with Crippen molar-refractivity contribution in [2.24, 2.45) is 5.92 Å². The molecule has 3 rings (SSSR count). The summed E-state index contributed by atoms with van der Waals surface area (Å²) in [6, 6.07) is 10.4. The number of anilines is 1. The Hall–Kier alpha value is -1.70. The van der Waals surface area contributed by atoms with Crippen molar-refractivity contribution in [1.82, 2.24) is 4.31 Å². The molecule has 1 aliphatic rings. The number of hydrogen-bond donors (Lipinski definition) is 1. The van der Waals surface area contributed by atoms with Crippen LogP contribution in [-0.4, -0.2) is 31.7 Å². The van der Waals surface area contributed by atoms with Gasteiger partial charge in [0.05, 0.1) is 4.90 Å². The van der Waals surface area contributed by atoms with Crippen molar-refractivity contribution in [1.29, 1.82) is 0 Å². The molecule has 0 bridgehead atoms. The number of benzene rings is 1. The molecule has 1 aromatic carbocycles. The second-order valence-electron chi connectivity index (χ2n) is 6.74. The number of aryl methyl sites for hydroxylation is 1. The first-order chi connectivity index (χ1) is 12.4. The topological polar surface area (TPSA) is 66.5 Å². The normalized spacial score (nSPS) is 16.5. The molecule has 1 saturated heterocycles. The van der Waals surface area contributed by atoms with Crippen LogP contribution >= 0.6 is 11.3 Å². The van der Waals surface area contributed by atoms with Gasteiger partial charge in [0.2, 0.25) is 15.9 Å². The largest absolute Gasteiger partial charge is 0.326 e. The summed E-state index contributed by atoms with van der Waals surface area (Å²) < 4.78 is 27.0. The maximum Gasteiger partial charge on any atom is 0.243 e. The Morgan fingerprint density at radius 3 is 2.50 bits per heavy atom. The van der Waals surface area contributed by atoms with E-state index in [-0.39, 0.29) is 10.8 Å². The van der Waals surface area contributed by atoms with Crippen molar-refractivity contribution < 1.29 is 13.2 Å². The first-order valence-electron chi connectivity index (χ1n) is 8.87. The lowest BCUT2D eigenvalue weighted by Crippen LogP contribution is -2.37. The standard InChI is InChI=1S/C19H24N2O3S2/c1-15-10-12-21(13-11-15)26(23,24)18-7-4-16(5-8-18)20-19(22)9-6-17-3-2-14-25-17/h2-5,7-8,14-15H,6,9-13H2,1H3,(H,20,22). The SMILES string of the molecule is CC1CCN(S(=O)(=O)c2ccc(NC(=O)CCc3cccs3)cc2)CC1. The molecule has 0 saturated carbocycles. The zero-order valence-electron chi connectivity index (χ0n) is 14.8. The molecule has 0 atom stereocenters. The number of hydrogen-bond acceptors (Lipinski definition) is 4. The maximum atomic E-state index is 12.7. The molecule has 1 aliphatic heterocycles. The van der Waals surface area contributed by atoms with E-state index in [1.54, 1.807) is 39.9 Å². The molecule has 0 unspecified atom stereocenters. The second-order valence-corrected chi connectivity index (χ2v) is 9.71. The molecule has 1 N–H and O–H groups in total. The number of carbonyl (C=O) groups excluding carboxylic acids is 1. The third-order valence-corrected chi connectivity index (χ3v) is 7.55. The molecule has 1 aromatic heterocycles. The van der Waals surface area contributed by atoms with Crippen LogP contribution in [0, 0.1) is 5.92 Å². The Labute approximate surface area is 159 Å². The van der Waals surface area contributed by atoms with Gasteiger partial charge in [-0.05, 0) is 60.9 Å². The molecule has 1 fully saturated rings. The molecule has 2 aromatic rings. The van der Waals surface area contributed by atoms with Gasteiger partial charge in [0.15, 0.2) is 0 Å². The van der Waals surface area contributed by atoms with E-state index in [9.17, 15) is 13.2 Å². The Bertz CT molecular complexity index is 822. The maximum absolute atomic E-state index is 12.7. The van der Waals surface area contributed by atoms with Gasteiger partial charge in [-0.2, -0.15) is 4.31 Å². The van der Waals surface area contributed by atoms with Gasteiger partial charge in [0.25, 0.3) is 0 Å². The highest BCUT2D eigenvalue weighted by molar-refractivity contribution is 7.89. The minimum atomic E-state index is -3.45. The summed E-state index contributed by atoms with van der Waals surface area (Å²) in [6.45, 7) is 3.30. The lowest BCUT2D eigenvalue weighted by atomic mass is 10.0. The molecule has 7 heteroatoms. The molecular formula is C19H24N2O3S2. The van der Waals surface area contributed by atoms with E-state index < -0.39 is 10.0 Å². The molecule has 0 spiro atoms. The number of nitrogens with zero attached hydrogens (tertiary/aromatic N) is 1. The van der Waals surface area contributed by atoms with Crippen LogP contribution in [0.4, 0.5) is 5.69 Å². The number of rotatable bonds is 6. The van der Waals surface area contributed by atoms with Crippen molar-refractivity contribution in [3.05, 3.63) is 46.7 Å². The quantitative estimate of drug-likeness (QED) is 0.814. The number of amides is 1. The van der Waals surface area contributed by atoms with E-state index in [4.69, 9.17) is 0 Å². The molecule has 0 aliphatic carbocycles. The first kappa shape index (κ1) is 19.1. The number of piperidine rings is 1. The summed E-state index contributed by atoms with van der Waals surface area (Å²) in [6.07, 6.45) is 2.92. The predicted molar refractivity (Wildman–Crippen MR) is 105 cm³/mol. The van der Waals surface area contributed by atoms with Crippen molar-refractivity contribution in [3.8, 4) is 0 Å². The van der Waals surface area contributed by atoms with E-state index in [1.807, 2.05) is 17.5 Å². The van der Waals surface area contributed by atoms with Crippen LogP contribution in [0.15, 0.2) is 46.7 Å². The second kappa shape index (κ2) is 8.33. The van der Waals surface area contributed by atoms with Crippen molar-refractivity contribution in [2.45, 2.75) is 37.5 Å². The minimum absolute atomic E-state index is 0.0703. The number of sulfonamides is 1. The Balaban J connectivity index is 1.58. The Morgan fingerprint density at radius 2 is 1.88 bits per heavy atom. The third kappa shape index (κ3) is 4.72. The van der Waals surface area contributed by atoms with Crippen LogP contribution in [0.3, 0.4) is 0 Å². The summed E-state index contributed by atoms with van der Waals surface area (Å²) >= 11 is 1.64. The summed E-state index contributed by atoms with van der Waals surface area (Å²) in [5.41, 5.74) is 0.618. The van der Waals surface area contributed by atoms with E-state index in [1.165, 1.54) is 4.88 Å². The van der Waals surface area contributed by atoms with Gasteiger partial charge in [0, 0.05) is 30.1 Å². The number of carbonyl (C=O) groups is 1. The zero-order valence-corrected chi connectivity index (χ0v) is 16.5. The van der Waals surface area contributed by atoms with Gasteiger partial charge in [-0.1, -0.05) is 13.0 Å². The zero-order chi connectivity index (χ0) is 18.6. The van der Waals surface area contributed by atoms with Gasteiger partial charge in [-0.15, -0.1) is 11.3 Å². The fourth-order valence-electron chi connectivity index (χ4n) is 3.00. The highest BCUT2D eigenvalue weighted by atomic mass is 32.2. The highest BCUT2D eigenvalue weighted by Gasteiger charge is 2.27. The minimum Gasteiger partial charge on any atom is -0.326 e. The van der Waals surface area contributed by atoms with E-state index >= 15 is 0 Å². The fraction of sp³-hybridized carbons (Fsp3) is 0.421. The number of thiophene rings is 1. The number of nitrogens with one attached hydrogen (secondary N) is 1. The molecule has 0 radical (unpaired) electrons. The summed E-state index contributed by atoms with van der Waals surface area (Å²) in [5.74, 6) is 0.507. The first-order valence-corrected chi connectivity index (χ1v) is 11.2. The van der Waals surface area contributed by atoms with E-state index in [0.717, 1.165) is 12.8 Å². The molecule has 26 heavy (non-hydrogen) atoms.